The molecule has 13 nitrogen and oxygen atoms in total. The Kier molecular flexibility index (Phi) is 13.9. The van der Waals surface area contributed by atoms with Gasteiger partial charge in [-0.05, 0) is 32.9 Å². The van der Waals surface area contributed by atoms with E-state index in [9.17, 15) is 50.7 Å². The summed E-state index contributed by atoms with van der Waals surface area (Å²) in [5.41, 5.74) is -2.11. The standard InChI is InChI=1S/C15H14ClFN2O5.C14H12ClF4NO5/c1-7-4-13(20)19(15(22)18-7)11-6-12(9(16)5-10(11)17)24-8(2)14(21)23-3;1-6(13(23)24-2)25-10-4-9(8(16)3-7(10)15)20-12(22)5-11(21)14(17,18)19/h4-6,8H,1-3H3,(H,18,22);3-4,6H,5H2,1-2H3,(H,20,22). The number of aromatic nitrogens is 2. The van der Waals surface area contributed by atoms with Gasteiger partial charge in [-0.1, -0.05) is 23.2 Å². The number of aromatic amines is 1. The molecule has 20 heteroatoms. The van der Waals surface area contributed by atoms with Crippen LogP contribution in [0.25, 0.3) is 5.69 Å². The quantitative estimate of drug-likeness (QED) is 0.172. The lowest BCUT2D eigenvalue weighted by Crippen LogP contribution is -2.34. The average molecular weight is 742 g/mol. The summed E-state index contributed by atoms with van der Waals surface area (Å²) in [6.45, 7) is 4.25. The zero-order chi connectivity index (χ0) is 37.4. The SMILES string of the molecule is COC(=O)C(C)Oc1cc(-n2c(=O)cc(C)[nH]c2=O)c(F)cc1Cl.COC(=O)C(C)Oc1cc(NC(=O)CC(=O)C(F)(F)F)c(F)cc1Cl. The van der Waals surface area contributed by atoms with Crippen LogP contribution < -0.4 is 26.0 Å². The van der Waals surface area contributed by atoms with Crippen LogP contribution in [-0.4, -0.2) is 65.8 Å². The summed E-state index contributed by atoms with van der Waals surface area (Å²) in [7, 11) is 2.29. The molecule has 0 radical (unpaired) electrons. The van der Waals surface area contributed by atoms with Gasteiger partial charge in [0.1, 0.15) is 23.1 Å². The van der Waals surface area contributed by atoms with Gasteiger partial charge in [0, 0.05) is 23.9 Å². The molecule has 0 spiro atoms. The number of aryl methyl sites for hydroxylation is 1. The number of Topliss-reactive ketones (excluding diaryl/α,β-unsaturated/α-hetero) is 1. The molecule has 2 N–H and O–H groups in total. The lowest BCUT2D eigenvalue weighted by Gasteiger charge is -2.15. The minimum absolute atomic E-state index is 0.0714. The number of alkyl halides is 3. The molecule has 3 aromatic rings. The summed E-state index contributed by atoms with van der Waals surface area (Å²) in [5.74, 6) is -7.35. The van der Waals surface area contributed by atoms with Gasteiger partial charge in [0.15, 0.2) is 12.2 Å². The molecule has 0 aliphatic rings. The van der Waals surface area contributed by atoms with Crippen molar-refractivity contribution in [3.05, 3.63) is 78.5 Å². The first-order valence-corrected chi connectivity index (χ1v) is 14.2. The lowest BCUT2D eigenvalue weighted by molar-refractivity contribution is -0.171. The van der Waals surface area contributed by atoms with E-state index in [0.717, 1.165) is 37.4 Å². The fraction of sp³-hybridized carbons (Fsp3) is 0.310. The number of nitrogens with one attached hydrogen (secondary N) is 2. The smallest absolute Gasteiger partial charge is 0.450 e. The number of esters is 2. The number of carbonyl (C=O) groups is 4. The molecule has 266 valence electrons. The first kappa shape index (κ1) is 40.2. The number of halogens is 7. The van der Waals surface area contributed by atoms with Gasteiger partial charge < -0.3 is 29.2 Å². The summed E-state index contributed by atoms with van der Waals surface area (Å²) in [5, 5.41) is 1.43. The fourth-order valence-corrected chi connectivity index (χ4v) is 3.97. The van der Waals surface area contributed by atoms with Gasteiger partial charge in [0.25, 0.3) is 5.56 Å². The van der Waals surface area contributed by atoms with Crippen molar-refractivity contribution < 1.29 is 60.1 Å². The van der Waals surface area contributed by atoms with Gasteiger partial charge in [0.2, 0.25) is 11.7 Å². The second kappa shape index (κ2) is 16.9. The molecule has 1 aromatic heterocycles. The Bertz CT molecular complexity index is 1830. The second-order valence-electron chi connectivity index (χ2n) is 9.64. The molecule has 2 aromatic carbocycles. The first-order chi connectivity index (χ1) is 22.7. The van der Waals surface area contributed by atoms with E-state index in [1.807, 2.05) is 5.32 Å². The topological polar surface area (TPSA) is 172 Å². The summed E-state index contributed by atoms with van der Waals surface area (Å²) in [6, 6.07) is 4.70. The zero-order valence-electron chi connectivity index (χ0n) is 25.9. The number of H-pyrrole nitrogens is 1. The number of ether oxygens (including phenoxy) is 4. The van der Waals surface area contributed by atoms with E-state index in [2.05, 4.69) is 14.5 Å². The van der Waals surface area contributed by atoms with E-state index in [-0.39, 0.29) is 27.2 Å². The Labute approximate surface area is 282 Å². The molecule has 3 rings (SSSR count). The summed E-state index contributed by atoms with van der Waals surface area (Å²) < 4.78 is 84.3. The van der Waals surface area contributed by atoms with E-state index < -0.39 is 77.0 Å². The van der Waals surface area contributed by atoms with Gasteiger partial charge >= 0.3 is 23.8 Å². The highest BCUT2D eigenvalue weighted by molar-refractivity contribution is 6.32. The number of amides is 1. The van der Waals surface area contributed by atoms with Gasteiger partial charge in [-0.3, -0.25) is 14.4 Å². The minimum Gasteiger partial charge on any atom is -0.477 e. The van der Waals surface area contributed by atoms with Crippen LogP contribution in [0, 0.1) is 18.6 Å². The maximum Gasteiger partial charge on any atom is 0.450 e. The number of methoxy groups -OCH3 is 2. The van der Waals surface area contributed by atoms with Crippen molar-refractivity contribution in [3.63, 3.8) is 0 Å². The summed E-state index contributed by atoms with van der Waals surface area (Å²) in [6.07, 6.45) is -8.83. The van der Waals surface area contributed by atoms with Crippen LogP contribution in [-0.2, 0) is 28.7 Å². The summed E-state index contributed by atoms with van der Waals surface area (Å²) >= 11 is 11.6. The number of anilines is 1. The fourth-order valence-electron chi connectivity index (χ4n) is 3.58. The van der Waals surface area contributed by atoms with Crippen LogP contribution >= 0.6 is 23.2 Å². The number of rotatable bonds is 10. The van der Waals surface area contributed by atoms with Gasteiger partial charge in [-0.15, -0.1) is 0 Å². The van der Waals surface area contributed by atoms with Crippen LogP contribution in [0.3, 0.4) is 0 Å². The Morgan fingerprint density at radius 1 is 0.857 bits per heavy atom. The molecule has 1 heterocycles. The molecule has 0 bridgehead atoms. The van der Waals surface area contributed by atoms with Crippen molar-refractivity contribution in [2.45, 2.75) is 45.6 Å². The van der Waals surface area contributed by atoms with Crippen LogP contribution in [0.15, 0.2) is 39.9 Å². The van der Waals surface area contributed by atoms with E-state index in [1.54, 1.807) is 0 Å². The Hall–Kier alpha value is -4.97. The third-order valence-electron chi connectivity index (χ3n) is 5.92. The Balaban J connectivity index is 0.000000340. The normalized spacial score (nSPS) is 12.1. The van der Waals surface area contributed by atoms with Crippen LogP contribution in [0.4, 0.5) is 27.6 Å². The largest absolute Gasteiger partial charge is 0.477 e. The van der Waals surface area contributed by atoms with Crippen molar-refractivity contribution in [2.24, 2.45) is 0 Å². The van der Waals surface area contributed by atoms with Crippen molar-refractivity contribution in [1.82, 2.24) is 9.55 Å². The molecule has 0 saturated carbocycles. The highest BCUT2D eigenvalue weighted by atomic mass is 35.5. The molecular formula is C29H26Cl2F5N3O10. The summed E-state index contributed by atoms with van der Waals surface area (Å²) in [4.78, 5) is 71.3. The predicted octanol–water partition coefficient (Wildman–Crippen LogP) is 4.45. The number of nitrogens with zero attached hydrogens (tertiary/aromatic N) is 1. The van der Waals surface area contributed by atoms with Crippen LogP contribution in [0.2, 0.25) is 10.0 Å². The Morgan fingerprint density at radius 2 is 1.35 bits per heavy atom. The second-order valence-corrected chi connectivity index (χ2v) is 10.5. The molecule has 0 aliphatic heterocycles. The maximum atomic E-state index is 14.2. The van der Waals surface area contributed by atoms with Crippen molar-refractivity contribution in [3.8, 4) is 17.2 Å². The average Bonchev–Trinajstić information content (AvgIpc) is 2.99. The number of carbonyl (C=O) groups excluding carboxylic acids is 4. The third kappa shape index (κ3) is 11.0. The first-order valence-electron chi connectivity index (χ1n) is 13.4. The van der Waals surface area contributed by atoms with Crippen molar-refractivity contribution in [1.29, 1.82) is 0 Å². The van der Waals surface area contributed by atoms with Crippen molar-refractivity contribution in [2.75, 3.05) is 19.5 Å². The Morgan fingerprint density at radius 3 is 1.82 bits per heavy atom. The van der Waals surface area contributed by atoms with Gasteiger partial charge in [-0.2, -0.15) is 13.2 Å². The molecule has 0 aliphatic carbocycles. The predicted molar refractivity (Wildman–Crippen MR) is 162 cm³/mol. The van der Waals surface area contributed by atoms with Crippen LogP contribution in [0.5, 0.6) is 11.5 Å². The van der Waals surface area contributed by atoms with Crippen LogP contribution in [0.1, 0.15) is 26.0 Å². The zero-order valence-corrected chi connectivity index (χ0v) is 27.4. The monoisotopic (exact) mass is 741 g/mol. The molecule has 2 unspecified atom stereocenters. The number of benzene rings is 2. The molecule has 2 atom stereocenters. The van der Waals surface area contributed by atoms with E-state index >= 15 is 0 Å². The molecule has 49 heavy (non-hydrogen) atoms. The number of hydrogen-bond acceptors (Lipinski definition) is 10. The molecule has 0 fully saturated rings. The minimum atomic E-state index is -5.18. The van der Waals surface area contributed by atoms with E-state index in [4.69, 9.17) is 32.7 Å². The van der Waals surface area contributed by atoms with E-state index in [0.29, 0.717) is 10.3 Å². The molecular weight excluding hydrogens is 716 g/mol. The van der Waals surface area contributed by atoms with Gasteiger partial charge in [-0.25, -0.2) is 27.7 Å². The maximum absolute atomic E-state index is 14.2. The van der Waals surface area contributed by atoms with E-state index in [1.165, 1.54) is 27.9 Å². The lowest BCUT2D eigenvalue weighted by atomic mass is 10.2. The third-order valence-corrected chi connectivity index (χ3v) is 6.51. The highest BCUT2D eigenvalue weighted by Gasteiger charge is 2.39. The van der Waals surface area contributed by atoms with Crippen molar-refractivity contribution >= 4 is 52.5 Å². The molecule has 1 amide bonds. The van der Waals surface area contributed by atoms with Gasteiger partial charge in [0.05, 0.1) is 42.1 Å². The number of hydrogen-bond donors (Lipinski definition) is 2. The highest BCUT2D eigenvalue weighted by Crippen LogP contribution is 2.32. The number of ketones is 1. The molecule has 0 saturated heterocycles.